The average Bonchev–Trinajstić information content (AvgIpc) is 3.26. The Bertz CT molecular complexity index is 1130. The third kappa shape index (κ3) is 4.47. The molecule has 0 aliphatic heterocycles. The second-order valence-corrected chi connectivity index (χ2v) is 6.54. The maximum Gasteiger partial charge on any atom is 0.248 e. The van der Waals surface area contributed by atoms with Gasteiger partial charge in [-0.3, -0.25) is 4.79 Å². The van der Waals surface area contributed by atoms with Crippen molar-refractivity contribution in [2.75, 3.05) is 5.32 Å². The van der Waals surface area contributed by atoms with Gasteiger partial charge in [0.25, 0.3) is 0 Å². The van der Waals surface area contributed by atoms with Crippen LogP contribution in [0, 0.1) is 0 Å². The number of carbonyl (C=O) groups is 1. The predicted octanol–water partition coefficient (Wildman–Crippen LogP) is 5.45. The molecule has 29 heavy (non-hydrogen) atoms. The minimum Gasteiger partial charge on any atom is -0.416 e. The van der Waals surface area contributed by atoms with Gasteiger partial charge in [0, 0.05) is 22.9 Å². The van der Waals surface area contributed by atoms with E-state index in [-0.39, 0.29) is 5.91 Å². The fourth-order valence-corrected chi connectivity index (χ4v) is 2.89. The van der Waals surface area contributed by atoms with Crippen molar-refractivity contribution in [3.63, 3.8) is 0 Å². The molecule has 3 aromatic carbocycles. The number of amides is 1. The Kier molecular flexibility index (Phi) is 5.29. The first-order valence-electron chi connectivity index (χ1n) is 9.23. The van der Waals surface area contributed by atoms with E-state index >= 15 is 0 Å². The molecule has 5 nitrogen and oxygen atoms in total. The molecule has 1 amide bonds. The number of nitrogens with one attached hydrogen (secondary N) is 1. The van der Waals surface area contributed by atoms with Crippen LogP contribution >= 0.6 is 0 Å². The summed E-state index contributed by atoms with van der Waals surface area (Å²) in [6.07, 6.45) is 1.59. The lowest BCUT2D eigenvalue weighted by atomic mass is 10.1. The predicted molar refractivity (Wildman–Crippen MR) is 114 cm³/mol. The van der Waals surface area contributed by atoms with Crippen molar-refractivity contribution in [3.8, 4) is 22.9 Å². The molecule has 0 atom stereocenters. The lowest BCUT2D eigenvalue weighted by Crippen LogP contribution is -2.08. The Morgan fingerprint density at radius 1 is 0.793 bits per heavy atom. The molecule has 0 unspecified atom stereocenters. The van der Waals surface area contributed by atoms with Crippen LogP contribution in [-0.2, 0) is 4.79 Å². The molecule has 1 N–H and O–H groups in total. The van der Waals surface area contributed by atoms with Gasteiger partial charge in [0.2, 0.25) is 17.7 Å². The normalized spacial score (nSPS) is 11.3. The zero-order valence-electron chi connectivity index (χ0n) is 15.9. The standard InChI is InChI=1S/C24H19N3O2/c1-17(18-8-4-2-5-9-18)16-22(28)25-21-14-12-20(13-15-21)24-27-26-23(29-24)19-10-6-3-7-11-19/h2-16H,1H3,(H,25,28)/b17-16+. The number of anilines is 1. The van der Waals surface area contributed by atoms with Crippen LogP contribution in [0.15, 0.2) is 95.4 Å². The summed E-state index contributed by atoms with van der Waals surface area (Å²) in [5, 5.41) is 11.1. The topological polar surface area (TPSA) is 68.0 Å². The molecule has 142 valence electrons. The Hall–Kier alpha value is -3.99. The number of benzene rings is 3. The van der Waals surface area contributed by atoms with E-state index in [1.165, 1.54) is 0 Å². The van der Waals surface area contributed by atoms with E-state index in [4.69, 9.17) is 4.42 Å². The zero-order valence-corrected chi connectivity index (χ0v) is 15.9. The van der Waals surface area contributed by atoms with E-state index in [2.05, 4.69) is 15.5 Å². The van der Waals surface area contributed by atoms with Crippen LogP contribution < -0.4 is 5.32 Å². The van der Waals surface area contributed by atoms with Crippen molar-refractivity contribution in [3.05, 3.63) is 96.6 Å². The minimum absolute atomic E-state index is 0.178. The number of hydrogen-bond acceptors (Lipinski definition) is 4. The highest BCUT2D eigenvalue weighted by Gasteiger charge is 2.10. The smallest absolute Gasteiger partial charge is 0.248 e. The molecule has 0 radical (unpaired) electrons. The lowest BCUT2D eigenvalue weighted by Gasteiger charge is -2.05. The van der Waals surface area contributed by atoms with Crippen molar-refractivity contribution < 1.29 is 9.21 Å². The molecule has 4 rings (SSSR count). The summed E-state index contributed by atoms with van der Waals surface area (Å²) in [4.78, 5) is 12.3. The van der Waals surface area contributed by atoms with Gasteiger partial charge < -0.3 is 9.73 Å². The number of carbonyl (C=O) groups excluding carboxylic acids is 1. The van der Waals surface area contributed by atoms with Crippen LogP contribution in [0.25, 0.3) is 28.5 Å². The summed E-state index contributed by atoms with van der Waals surface area (Å²) in [6, 6.07) is 26.7. The summed E-state index contributed by atoms with van der Waals surface area (Å²) in [6.45, 7) is 1.91. The Morgan fingerprint density at radius 2 is 1.34 bits per heavy atom. The maximum atomic E-state index is 12.3. The van der Waals surface area contributed by atoms with Gasteiger partial charge in [-0.05, 0) is 54.5 Å². The summed E-state index contributed by atoms with van der Waals surface area (Å²) in [5.74, 6) is 0.726. The maximum absolute atomic E-state index is 12.3. The third-order valence-electron chi connectivity index (χ3n) is 4.42. The molecule has 0 spiro atoms. The number of hydrogen-bond donors (Lipinski definition) is 1. The number of rotatable bonds is 5. The third-order valence-corrected chi connectivity index (χ3v) is 4.42. The van der Waals surface area contributed by atoms with Crippen molar-refractivity contribution in [2.24, 2.45) is 0 Å². The molecule has 0 bridgehead atoms. The fraction of sp³-hybridized carbons (Fsp3) is 0.0417. The molecule has 0 saturated carbocycles. The highest BCUT2D eigenvalue weighted by Crippen LogP contribution is 2.24. The van der Waals surface area contributed by atoms with Crippen LogP contribution in [-0.4, -0.2) is 16.1 Å². The largest absolute Gasteiger partial charge is 0.416 e. The first-order chi connectivity index (χ1) is 14.2. The number of allylic oxidation sites excluding steroid dienone is 1. The highest BCUT2D eigenvalue weighted by molar-refractivity contribution is 6.03. The molecular weight excluding hydrogens is 362 g/mol. The van der Waals surface area contributed by atoms with Crippen molar-refractivity contribution in [1.82, 2.24) is 10.2 Å². The van der Waals surface area contributed by atoms with Gasteiger partial charge in [-0.25, -0.2) is 0 Å². The average molecular weight is 381 g/mol. The second kappa shape index (κ2) is 8.35. The first kappa shape index (κ1) is 18.4. The lowest BCUT2D eigenvalue weighted by molar-refractivity contribution is -0.111. The van der Waals surface area contributed by atoms with Gasteiger partial charge in [-0.1, -0.05) is 48.5 Å². The van der Waals surface area contributed by atoms with Gasteiger partial charge in [0.1, 0.15) is 0 Å². The minimum atomic E-state index is -0.178. The van der Waals surface area contributed by atoms with Gasteiger partial charge >= 0.3 is 0 Å². The molecule has 1 aromatic heterocycles. The summed E-state index contributed by atoms with van der Waals surface area (Å²) < 4.78 is 5.76. The Labute approximate surface area is 168 Å². The van der Waals surface area contributed by atoms with Crippen molar-refractivity contribution in [1.29, 1.82) is 0 Å². The number of nitrogens with zero attached hydrogens (tertiary/aromatic N) is 2. The van der Waals surface area contributed by atoms with E-state index in [1.807, 2.05) is 91.9 Å². The van der Waals surface area contributed by atoms with Crippen LogP contribution in [0.2, 0.25) is 0 Å². The second-order valence-electron chi connectivity index (χ2n) is 6.54. The first-order valence-corrected chi connectivity index (χ1v) is 9.23. The van der Waals surface area contributed by atoms with E-state index < -0.39 is 0 Å². The van der Waals surface area contributed by atoms with E-state index in [0.29, 0.717) is 17.5 Å². The molecule has 0 saturated heterocycles. The zero-order chi connectivity index (χ0) is 20.1. The molecule has 0 aliphatic rings. The summed E-state index contributed by atoms with van der Waals surface area (Å²) >= 11 is 0. The molecule has 0 aliphatic carbocycles. The van der Waals surface area contributed by atoms with Gasteiger partial charge in [-0.2, -0.15) is 0 Å². The van der Waals surface area contributed by atoms with E-state index in [9.17, 15) is 4.79 Å². The van der Waals surface area contributed by atoms with Crippen molar-refractivity contribution >= 4 is 17.2 Å². The van der Waals surface area contributed by atoms with E-state index in [1.54, 1.807) is 6.08 Å². The Morgan fingerprint density at radius 3 is 1.97 bits per heavy atom. The SMILES string of the molecule is C/C(=C\C(=O)Nc1ccc(-c2nnc(-c3ccccc3)o2)cc1)c1ccccc1. The quantitative estimate of drug-likeness (QED) is 0.467. The number of aromatic nitrogens is 2. The Balaban J connectivity index is 1.44. The van der Waals surface area contributed by atoms with Gasteiger partial charge in [0.15, 0.2) is 0 Å². The molecular formula is C24H19N3O2. The van der Waals surface area contributed by atoms with Crippen LogP contribution in [0.5, 0.6) is 0 Å². The van der Waals surface area contributed by atoms with Gasteiger partial charge in [-0.15, -0.1) is 10.2 Å². The molecule has 5 heteroatoms. The van der Waals surface area contributed by atoms with E-state index in [0.717, 1.165) is 22.3 Å². The van der Waals surface area contributed by atoms with Crippen LogP contribution in [0.3, 0.4) is 0 Å². The summed E-state index contributed by atoms with van der Waals surface area (Å²) in [7, 11) is 0. The monoisotopic (exact) mass is 381 g/mol. The fourth-order valence-electron chi connectivity index (χ4n) is 2.89. The molecule has 0 fully saturated rings. The highest BCUT2D eigenvalue weighted by atomic mass is 16.4. The molecule has 4 aromatic rings. The van der Waals surface area contributed by atoms with Crippen LogP contribution in [0.1, 0.15) is 12.5 Å². The van der Waals surface area contributed by atoms with Crippen molar-refractivity contribution in [2.45, 2.75) is 6.92 Å². The van der Waals surface area contributed by atoms with Gasteiger partial charge in [0.05, 0.1) is 0 Å². The summed E-state index contributed by atoms with van der Waals surface area (Å²) in [5.41, 5.74) is 4.27. The van der Waals surface area contributed by atoms with Crippen LogP contribution in [0.4, 0.5) is 5.69 Å². The molecule has 1 heterocycles.